The quantitative estimate of drug-likeness (QED) is 0.612. The van der Waals surface area contributed by atoms with E-state index in [2.05, 4.69) is 30.3 Å². The van der Waals surface area contributed by atoms with Gasteiger partial charge in [0.15, 0.2) is 0 Å². The van der Waals surface area contributed by atoms with Gasteiger partial charge in [-0.15, -0.1) is 6.26 Å². The second-order valence-corrected chi connectivity index (χ2v) is 4.85. The summed E-state index contributed by atoms with van der Waals surface area (Å²) in [6, 6.07) is 20.3. The Bertz CT molecular complexity index is 732. The lowest BCUT2D eigenvalue weighted by atomic mass is 9.93. The van der Waals surface area contributed by atoms with Crippen molar-refractivity contribution in [3.8, 4) is 0 Å². The molecule has 1 aliphatic rings. The van der Waals surface area contributed by atoms with Crippen LogP contribution in [0.5, 0.6) is 0 Å². The minimum atomic E-state index is 0.723. The first-order valence-corrected chi connectivity index (χ1v) is 6.92. The molecule has 1 aliphatic carbocycles. The van der Waals surface area contributed by atoms with Crippen molar-refractivity contribution in [2.24, 2.45) is 0 Å². The second-order valence-electron chi connectivity index (χ2n) is 4.85. The van der Waals surface area contributed by atoms with Crippen LogP contribution in [0, 0.1) is 0 Å². The topological polar surface area (TPSA) is 23.1 Å². The zero-order valence-electron chi connectivity index (χ0n) is 11.6. The van der Waals surface area contributed by atoms with E-state index in [9.17, 15) is 5.11 Å². The Kier molecular flexibility index (Phi) is 3.83. The summed E-state index contributed by atoms with van der Waals surface area (Å²) in [5, 5.41) is 11.2. The highest BCUT2D eigenvalue weighted by molar-refractivity contribution is 5.95. The number of benzene rings is 2. The Labute approximate surface area is 124 Å². The first-order chi connectivity index (χ1) is 10.4. The fourth-order valence-corrected chi connectivity index (χ4v) is 2.43. The Morgan fingerprint density at radius 2 is 1.52 bits per heavy atom. The predicted molar refractivity (Wildman–Crippen MR) is 86.1 cm³/mol. The van der Waals surface area contributed by atoms with Gasteiger partial charge in [0.1, 0.15) is 0 Å². The van der Waals surface area contributed by atoms with Gasteiger partial charge in [0.25, 0.3) is 0 Å². The summed E-state index contributed by atoms with van der Waals surface area (Å²) in [7, 11) is 0. The molecule has 0 atom stereocenters. The summed E-state index contributed by atoms with van der Waals surface area (Å²) >= 11 is 0. The van der Waals surface area contributed by atoms with Crippen LogP contribution >= 0.6 is 0 Å². The van der Waals surface area contributed by atoms with Gasteiger partial charge >= 0.3 is 0 Å². The van der Waals surface area contributed by atoms with Crippen LogP contribution in [0.2, 0.25) is 0 Å². The molecule has 0 aromatic heterocycles. The Balaban J connectivity index is 2.11. The molecule has 1 nitrogen and oxygen atoms in total. The molecule has 0 heterocycles. The molecule has 21 heavy (non-hydrogen) atoms. The fraction of sp³-hybridized carbons (Fsp3) is 0. The van der Waals surface area contributed by atoms with Crippen LogP contribution < -0.4 is 5.11 Å². The van der Waals surface area contributed by atoms with Crippen LogP contribution in [0.3, 0.4) is 0 Å². The highest BCUT2D eigenvalue weighted by atomic mass is 16.2. The summed E-state index contributed by atoms with van der Waals surface area (Å²) in [5.41, 5.74) is 4.99. The molecule has 1 heteroatoms. The lowest BCUT2D eigenvalue weighted by Gasteiger charge is -2.13. The van der Waals surface area contributed by atoms with Crippen molar-refractivity contribution in [2.75, 3.05) is 0 Å². The van der Waals surface area contributed by atoms with E-state index in [-0.39, 0.29) is 0 Å². The molecule has 0 radical (unpaired) electrons. The monoisotopic (exact) mass is 271 g/mol. The van der Waals surface area contributed by atoms with Crippen LogP contribution in [0.15, 0.2) is 96.3 Å². The van der Waals surface area contributed by atoms with Crippen LogP contribution in [-0.4, -0.2) is 0 Å². The lowest BCUT2D eigenvalue weighted by Crippen LogP contribution is -1.96. The number of hydrogen-bond donors (Lipinski definition) is 0. The largest absolute Gasteiger partial charge is 0.877 e. The molecule has 0 spiro atoms. The Morgan fingerprint density at radius 3 is 2.19 bits per heavy atom. The molecular weight excluding hydrogens is 256 g/mol. The third kappa shape index (κ3) is 2.87. The minimum Gasteiger partial charge on any atom is -0.877 e. The average molecular weight is 271 g/mol. The van der Waals surface area contributed by atoms with E-state index >= 15 is 0 Å². The Hall–Kier alpha value is -2.80. The molecule has 0 amide bonds. The molecule has 2 aromatic carbocycles. The van der Waals surface area contributed by atoms with E-state index in [1.54, 1.807) is 0 Å². The highest BCUT2D eigenvalue weighted by Gasteiger charge is 2.12. The van der Waals surface area contributed by atoms with E-state index in [1.807, 2.05) is 54.6 Å². The number of allylic oxidation sites excluding steroid dienone is 6. The zero-order valence-corrected chi connectivity index (χ0v) is 11.6. The SMILES string of the molecule is [O-]/C=C1\C=CC=C1/C(=C/c1ccccc1)c1ccccc1. The van der Waals surface area contributed by atoms with Gasteiger partial charge in [0.2, 0.25) is 0 Å². The zero-order chi connectivity index (χ0) is 14.5. The third-order valence-electron chi connectivity index (χ3n) is 3.46. The molecule has 0 saturated carbocycles. The normalized spacial score (nSPS) is 16.3. The van der Waals surface area contributed by atoms with Crippen molar-refractivity contribution in [2.45, 2.75) is 0 Å². The standard InChI is InChI=1S/C20H16O/c21-15-18-12-7-13-19(18)20(17-10-5-2-6-11-17)14-16-8-3-1-4-9-16/h1-15,21H/p-1/b18-15+,20-14+. The molecule has 0 saturated heterocycles. The van der Waals surface area contributed by atoms with Crippen molar-refractivity contribution >= 4 is 11.6 Å². The van der Waals surface area contributed by atoms with Gasteiger partial charge < -0.3 is 5.11 Å². The van der Waals surface area contributed by atoms with Crippen LogP contribution in [0.1, 0.15) is 11.1 Å². The maximum absolute atomic E-state index is 11.2. The average Bonchev–Trinajstić information content (AvgIpc) is 3.03. The number of rotatable bonds is 3. The van der Waals surface area contributed by atoms with Crippen LogP contribution in [-0.2, 0) is 0 Å². The van der Waals surface area contributed by atoms with E-state index in [4.69, 9.17) is 0 Å². The fourth-order valence-electron chi connectivity index (χ4n) is 2.43. The van der Waals surface area contributed by atoms with Crippen molar-refractivity contribution in [3.05, 3.63) is 107 Å². The van der Waals surface area contributed by atoms with Crippen molar-refractivity contribution in [1.29, 1.82) is 0 Å². The summed E-state index contributed by atoms with van der Waals surface area (Å²) in [5.74, 6) is 0. The molecule has 102 valence electrons. The van der Waals surface area contributed by atoms with Crippen LogP contribution in [0.25, 0.3) is 11.6 Å². The summed E-state index contributed by atoms with van der Waals surface area (Å²) in [6.07, 6.45) is 8.80. The maximum Gasteiger partial charge on any atom is -0.00999 e. The molecule has 2 aromatic rings. The van der Waals surface area contributed by atoms with Gasteiger partial charge in [-0.1, -0.05) is 78.9 Å². The van der Waals surface area contributed by atoms with Gasteiger partial charge in [-0.05, 0) is 33.9 Å². The Morgan fingerprint density at radius 1 is 0.857 bits per heavy atom. The molecule has 0 aliphatic heterocycles. The lowest BCUT2D eigenvalue weighted by molar-refractivity contribution is -0.275. The molecule has 0 bridgehead atoms. The minimum absolute atomic E-state index is 0.723. The van der Waals surface area contributed by atoms with E-state index in [0.717, 1.165) is 34.1 Å². The smallest absolute Gasteiger partial charge is 0.00999 e. The van der Waals surface area contributed by atoms with Gasteiger partial charge in [-0.3, -0.25) is 0 Å². The first-order valence-electron chi connectivity index (χ1n) is 6.92. The molecule has 0 fully saturated rings. The van der Waals surface area contributed by atoms with E-state index < -0.39 is 0 Å². The predicted octanol–water partition coefficient (Wildman–Crippen LogP) is 3.97. The molecule has 0 unspecified atom stereocenters. The molecular formula is C20H15O-. The van der Waals surface area contributed by atoms with Crippen molar-refractivity contribution in [3.63, 3.8) is 0 Å². The summed E-state index contributed by atoms with van der Waals surface area (Å²) < 4.78 is 0. The molecule has 0 N–H and O–H groups in total. The highest BCUT2D eigenvalue weighted by Crippen LogP contribution is 2.33. The van der Waals surface area contributed by atoms with Gasteiger partial charge in [0, 0.05) is 0 Å². The third-order valence-corrected chi connectivity index (χ3v) is 3.46. The second kappa shape index (κ2) is 6.10. The summed E-state index contributed by atoms with van der Waals surface area (Å²) in [6.45, 7) is 0. The maximum atomic E-state index is 11.2. The van der Waals surface area contributed by atoms with Gasteiger partial charge in [-0.2, -0.15) is 0 Å². The van der Waals surface area contributed by atoms with Crippen molar-refractivity contribution < 1.29 is 5.11 Å². The van der Waals surface area contributed by atoms with E-state index in [1.165, 1.54) is 0 Å². The van der Waals surface area contributed by atoms with Gasteiger partial charge in [0.05, 0.1) is 0 Å². The molecule has 3 rings (SSSR count). The van der Waals surface area contributed by atoms with Crippen LogP contribution in [0.4, 0.5) is 0 Å². The number of hydrogen-bond acceptors (Lipinski definition) is 1. The van der Waals surface area contributed by atoms with Crippen molar-refractivity contribution in [1.82, 2.24) is 0 Å². The summed E-state index contributed by atoms with van der Waals surface area (Å²) in [4.78, 5) is 0. The van der Waals surface area contributed by atoms with Gasteiger partial charge in [-0.25, -0.2) is 0 Å². The first kappa shape index (κ1) is 13.2. The van der Waals surface area contributed by atoms with E-state index in [0.29, 0.717) is 0 Å².